The second kappa shape index (κ2) is 5.94. The Balaban J connectivity index is 1.91. The van der Waals surface area contributed by atoms with E-state index in [1.54, 1.807) is 0 Å². The smallest absolute Gasteiger partial charge is 0.0330 e. The summed E-state index contributed by atoms with van der Waals surface area (Å²) < 4.78 is 0. The van der Waals surface area contributed by atoms with Gasteiger partial charge in [-0.3, -0.25) is 0 Å². The quantitative estimate of drug-likeness (QED) is 0.832. The Morgan fingerprint density at radius 2 is 2.18 bits per heavy atom. The molecule has 3 unspecified atom stereocenters. The van der Waals surface area contributed by atoms with Gasteiger partial charge in [-0.1, -0.05) is 19.8 Å². The van der Waals surface area contributed by atoms with E-state index in [0.29, 0.717) is 5.54 Å². The normalized spacial score (nSPS) is 38.8. The van der Waals surface area contributed by atoms with Crippen LogP contribution in [0.4, 0.5) is 0 Å². The molecule has 0 aromatic heterocycles. The van der Waals surface area contributed by atoms with E-state index in [1.807, 2.05) is 0 Å². The Labute approximate surface area is 111 Å². The summed E-state index contributed by atoms with van der Waals surface area (Å²) in [7, 11) is 4.53. The summed E-state index contributed by atoms with van der Waals surface area (Å²) in [5, 5.41) is 3.83. The molecule has 3 atom stereocenters. The fourth-order valence-corrected chi connectivity index (χ4v) is 4.57. The van der Waals surface area contributed by atoms with Crippen LogP contribution in [0.15, 0.2) is 0 Å². The van der Waals surface area contributed by atoms with Gasteiger partial charge in [0.15, 0.2) is 0 Å². The molecule has 1 N–H and O–H groups in total. The first kappa shape index (κ1) is 13.7. The Hall–Kier alpha value is 0.270. The highest BCUT2D eigenvalue weighted by Crippen LogP contribution is 2.35. The molecule has 1 aliphatic heterocycles. The van der Waals surface area contributed by atoms with E-state index in [9.17, 15) is 0 Å². The molecule has 1 heterocycles. The van der Waals surface area contributed by atoms with E-state index in [4.69, 9.17) is 0 Å². The number of rotatable bonds is 4. The molecule has 0 radical (unpaired) electrons. The van der Waals surface area contributed by atoms with Gasteiger partial charge in [0, 0.05) is 23.9 Å². The van der Waals surface area contributed by atoms with Crippen LogP contribution >= 0.6 is 11.8 Å². The molecule has 2 aliphatic rings. The van der Waals surface area contributed by atoms with Crippen molar-refractivity contribution in [1.82, 2.24) is 10.2 Å². The van der Waals surface area contributed by atoms with Crippen LogP contribution in [0.2, 0.25) is 0 Å². The molecular formula is C14H28N2S. The SMILES string of the molecule is CC1CCCC(CNC2CCSC2)(N(C)C)C1. The average Bonchev–Trinajstić information content (AvgIpc) is 2.79. The molecule has 3 heteroatoms. The van der Waals surface area contributed by atoms with Gasteiger partial charge in [0.05, 0.1) is 0 Å². The minimum atomic E-state index is 0.422. The molecule has 1 saturated heterocycles. The monoisotopic (exact) mass is 256 g/mol. The highest BCUT2D eigenvalue weighted by atomic mass is 32.2. The van der Waals surface area contributed by atoms with Gasteiger partial charge in [-0.15, -0.1) is 0 Å². The molecule has 1 saturated carbocycles. The minimum absolute atomic E-state index is 0.422. The molecule has 100 valence electrons. The molecule has 17 heavy (non-hydrogen) atoms. The summed E-state index contributed by atoms with van der Waals surface area (Å²) in [5.41, 5.74) is 0.422. The lowest BCUT2D eigenvalue weighted by atomic mass is 9.75. The lowest BCUT2D eigenvalue weighted by Crippen LogP contribution is -2.55. The van der Waals surface area contributed by atoms with Gasteiger partial charge in [-0.05, 0) is 45.0 Å². The third-order valence-corrected chi connectivity index (χ3v) is 5.83. The van der Waals surface area contributed by atoms with Gasteiger partial charge in [-0.25, -0.2) is 0 Å². The topological polar surface area (TPSA) is 15.3 Å². The highest BCUT2D eigenvalue weighted by Gasteiger charge is 2.37. The lowest BCUT2D eigenvalue weighted by Gasteiger charge is -2.46. The largest absolute Gasteiger partial charge is 0.311 e. The highest BCUT2D eigenvalue weighted by molar-refractivity contribution is 7.99. The van der Waals surface area contributed by atoms with Crippen LogP contribution in [0.3, 0.4) is 0 Å². The standard InChI is InChI=1S/C14H28N2S/c1-12-5-4-7-14(9-12,16(2)3)11-15-13-6-8-17-10-13/h12-13,15H,4-11H2,1-3H3. The molecule has 0 bridgehead atoms. The van der Waals surface area contributed by atoms with E-state index in [-0.39, 0.29) is 0 Å². The summed E-state index contributed by atoms with van der Waals surface area (Å²) in [6.07, 6.45) is 6.93. The van der Waals surface area contributed by atoms with Gasteiger partial charge >= 0.3 is 0 Å². The van der Waals surface area contributed by atoms with Gasteiger partial charge in [0.2, 0.25) is 0 Å². The second-order valence-corrected chi connectivity index (χ2v) is 7.41. The van der Waals surface area contributed by atoms with Crippen molar-refractivity contribution >= 4 is 11.8 Å². The molecule has 0 spiro atoms. The van der Waals surface area contributed by atoms with Crippen molar-refractivity contribution in [1.29, 1.82) is 0 Å². The molecule has 0 aromatic carbocycles. The second-order valence-electron chi connectivity index (χ2n) is 6.26. The Kier molecular flexibility index (Phi) is 4.79. The first-order chi connectivity index (χ1) is 8.12. The van der Waals surface area contributed by atoms with E-state index < -0.39 is 0 Å². The maximum atomic E-state index is 3.83. The number of hydrogen-bond acceptors (Lipinski definition) is 3. The fraction of sp³-hybridized carbons (Fsp3) is 1.00. The fourth-order valence-electron chi connectivity index (χ4n) is 3.39. The molecule has 0 aromatic rings. The third kappa shape index (κ3) is 3.39. The predicted octanol–water partition coefficient (Wildman–Crippen LogP) is 2.59. The molecule has 2 nitrogen and oxygen atoms in total. The Morgan fingerprint density at radius 1 is 1.35 bits per heavy atom. The Morgan fingerprint density at radius 3 is 2.76 bits per heavy atom. The van der Waals surface area contributed by atoms with Crippen LogP contribution in [0.25, 0.3) is 0 Å². The number of likely N-dealkylation sites (N-methyl/N-ethyl adjacent to an activating group) is 1. The van der Waals surface area contributed by atoms with Crippen LogP contribution in [0, 0.1) is 5.92 Å². The van der Waals surface area contributed by atoms with Crippen molar-refractivity contribution in [2.24, 2.45) is 5.92 Å². The van der Waals surface area contributed by atoms with Crippen LogP contribution in [0.5, 0.6) is 0 Å². The van der Waals surface area contributed by atoms with Crippen molar-refractivity contribution in [2.45, 2.75) is 50.6 Å². The molecule has 0 amide bonds. The van der Waals surface area contributed by atoms with E-state index in [2.05, 4.69) is 43.0 Å². The maximum absolute atomic E-state index is 3.83. The van der Waals surface area contributed by atoms with E-state index in [1.165, 1.54) is 50.2 Å². The van der Waals surface area contributed by atoms with Crippen molar-refractivity contribution in [3.63, 3.8) is 0 Å². The van der Waals surface area contributed by atoms with Gasteiger partial charge in [0.25, 0.3) is 0 Å². The van der Waals surface area contributed by atoms with Gasteiger partial charge < -0.3 is 10.2 Å². The lowest BCUT2D eigenvalue weighted by molar-refractivity contribution is 0.0730. The van der Waals surface area contributed by atoms with Crippen molar-refractivity contribution < 1.29 is 0 Å². The number of hydrogen-bond donors (Lipinski definition) is 1. The van der Waals surface area contributed by atoms with Crippen LogP contribution in [0.1, 0.15) is 39.0 Å². The average molecular weight is 256 g/mol. The number of nitrogens with one attached hydrogen (secondary N) is 1. The summed E-state index contributed by atoms with van der Waals surface area (Å²) in [5.74, 6) is 3.56. The summed E-state index contributed by atoms with van der Waals surface area (Å²) in [6, 6.07) is 0.772. The van der Waals surface area contributed by atoms with Crippen molar-refractivity contribution in [3.8, 4) is 0 Å². The van der Waals surface area contributed by atoms with E-state index in [0.717, 1.165) is 12.0 Å². The van der Waals surface area contributed by atoms with Crippen molar-refractivity contribution in [2.75, 3.05) is 32.1 Å². The van der Waals surface area contributed by atoms with Crippen LogP contribution in [-0.4, -0.2) is 48.6 Å². The zero-order chi connectivity index (χ0) is 12.3. The van der Waals surface area contributed by atoms with Crippen LogP contribution in [-0.2, 0) is 0 Å². The first-order valence-electron chi connectivity index (χ1n) is 7.11. The minimum Gasteiger partial charge on any atom is -0.311 e. The maximum Gasteiger partial charge on any atom is 0.0330 e. The third-order valence-electron chi connectivity index (χ3n) is 4.67. The number of thioether (sulfide) groups is 1. The molecule has 2 fully saturated rings. The number of nitrogens with zero attached hydrogens (tertiary/aromatic N) is 1. The molecular weight excluding hydrogens is 228 g/mol. The summed E-state index contributed by atoms with van der Waals surface area (Å²) >= 11 is 2.10. The first-order valence-corrected chi connectivity index (χ1v) is 8.26. The van der Waals surface area contributed by atoms with Gasteiger partial charge in [0.1, 0.15) is 0 Å². The zero-order valence-corrected chi connectivity index (χ0v) is 12.5. The predicted molar refractivity (Wildman–Crippen MR) is 77.8 cm³/mol. The zero-order valence-electron chi connectivity index (χ0n) is 11.7. The van der Waals surface area contributed by atoms with Gasteiger partial charge in [-0.2, -0.15) is 11.8 Å². The Bertz CT molecular complexity index is 238. The summed E-state index contributed by atoms with van der Waals surface area (Å²) in [4.78, 5) is 2.48. The molecule has 1 aliphatic carbocycles. The van der Waals surface area contributed by atoms with Crippen LogP contribution < -0.4 is 5.32 Å². The van der Waals surface area contributed by atoms with Crippen molar-refractivity contribution in [3.05, 3.63) is 0 Å². The van der Waals surface area contributed by atoms with E-state index >= 15 is 0 Å². The summed E-state index contributed by atoms with van der Waals surface area (Å²) in [6.45, 7) is 3.61. The molecule has 2 rings (SSSR count).